The molecule has 1 saturated heterocycles. The van der Waals surface area contributed by atoms with E-state index >= 15 is 0 Å². The predicted octanol–water partition coefficient (Wildman–Crippen LogP) is 1.64. The monoisotopic (exact) mass is 268 g/mol. The molecule has 0 amide bonds. The quantitative estimate of drug-likeness (QED) is 0.665. The van der Waals surface area contributed by atoms with Crippen LogP contribution in [-0.2, 0) is 0 Å². The number of aromatic nitrogens is 2. The molecule has 1 aliphatic rings. The van der Waals surface area contributed by atoms with Crippen LogP contribution >= 0.6 is 0 Å². The highest BCUT2D eigenvalue weighted by molar-refractivity contribution is 5.62. The zero-order chi connectivity index (χ0) is 14.2. The van der Waals surface area contributed by atoms with Crippen molar-refractivity contribution < 1.29 is 10.0 Å². The Morgan fingerprint density at radius 2 is 2.21 bits per heavy atom. The normalized spacial score (nSPS) is 20.1. The highest BCUT2D eigenvalue weighted by atomic mass is 16.6. The van der Waals surface area contributed by atoms with Gasteiger partial charge in [-0.05, 0) is 33.6 Å². The Morgan fingerprint density at radius 1 is 1.53 bits per heavy atom. The van der Waals surface area contributed by atoms with Crippen LogP contribution in [0.1, 0.15) is 38.4 Å². The van der Waals surface area contributed by atoms with Crippen molar-refractivity contribution in [1.82, 2.24) is 9.78 Å². The van der Waals surface area contributed by atoms with Crippen molar-refractivity contribution >= 4 is 11.5 Å². The third-order valence-corrected chi connectivity index (χ3v) is 3.40. The van der Waals surface area contributed by atoms with Crippen molar-refractivity contribution in [2.75, 3.05) is 18.0 Å². The maximum atomic E-state index is 11.3. The molecule has 19 heavy (non-hydrogen) atoms. The van der Waals surface area contributed by atoms with Gasteiger partial charge in [-0.25, -0.2) is 4.68 Å². The van der Waals surface area contributed by atoms with Gasteiger partial charge in [-0.3, -0.25) is 10.1 Å². The Balaban J connectivity index is 2.49. The second-order valence-corrected chi connectivity index (χ2v) is 5.30. The second kappa shape index (κ2) is 5.16. The number of hydrogen-bond donors (Lipinski definition) is 1. The van der Waals surface area contributed by atoms with Gasteiger partial charge in [-0.1, -0.05) is 0 Å². The number of β-amino-alcohol motifs (C(OH)–C–C–N with tert-alkyl or cyclic N) is 1. The van der Waals surface area contributed by atoms with E-state index in [2.05, 4.69) is 5.10 Å². The van der Waals surface area contributed by atoms with Gasteiger partial charge in [-0.2, -0.15) is 5.10 Å². The van der Waals surface area contributed by atoms with Gasteiger partial charge < -0.3 is 10.0 Å². The number of rotatable bonds is 3. The third kappa shape index (κ3) is 2.56. The molecular formula is C12H20N4O3. The average Bonchev–Trinajstić information content (AvgIpc) is 2.67. The van der Waals surface area contributed by atoms with Crippen LogP contribution in [0.5, 0.6) is 0 Å². The molecule has 0 bridgehead atoms. The van der Waals surface area contributed by atoms with Gasteiger partial charge in [0.2, 0.25) is 5.82 Å². The molecule has 1 fully saturated rings. The maximum absolute atomic E-state index is 11.3. The van der Waals surface area contributed by atoms with E-state index < -0.39 is 6.10 Å². The van der Waals surface area contributed by atoms with Gasteiger partial charge >= 0.3 is 5.69 Å². The molecule has 1 aliphatic heterocycles. The number of aryl methyl sites for hydroxylation is 1. The van der Waals surface area contributed by atoms with Gasteiger partial charge in [0.1, 0.15) is 5.69 Å². The SMILES string of the molecule is Cc1nn(C(C)C)c(N2CCCC(O)C2)c1[N+](=O)[O-]. The lowest BCUT2D eigenvalue weighted by Gasteiger charge is -2.31. The first-order valence-electron chi connectivity index (χ1n) is 6.58. The molecule has 0 saturated carbocycles. The first kappa shape index (κ1) is 13.8. The zero-order valence-electron chi connectivity index (χ0n) is 11.5. The van der Waals surface area contributed by atoms with Gasteiger partial charge in [0.15, 0.2) is 0 Å². The Kier molecular flexibility index (Phi) is 3.75. The molecule has 1 aromatic rings. The molecule has 7 nitrogen and oxygen atoms in total. The van der Waals surface area contributed by atoms with Gasteiger partial charge in [0.05, 0.1) is 11.0 Å². The van der Waals surface area contributed by atoms with Crippen LogP contribution < -0.4 is 4.90 Å². The summed E-state index contributed by atoms with van der Waals surface area (Å²) in [5, 5.41) is 25.3. The summed E-state index contributed by atoms with van der Waals surface area (Å²) in [6.07, 6.45) is 1.16. The number of hydrogen-bond acceptors (Lipinski definition) is 5. The fourth-order valence-electron chi connectivity index (χ4n) is 2.54. The highest BCUT2D eigenvalue weighted by Gasteiger charge is 2.32. The number of aliphatic hydroxyl groups excluding tert-OH is 1. The lowest BCUT2D eigenvalue weighted by atomic mass is 10.1. The summed E-state index contributed by atoms with van der Waals surface area (Å²) in [5.74, 6) is 0.524. The van der Waals surface area contributed by atoms with E-state index in [1.165, 1.54) is 0 Å². The number of aliphatic hydroxyl groups is 1. The molecule has 106 valence electrons. The minimum absolute atomic E-state index is 0.0430. The van der Waals surface area contributed by atoms with E-state index in [1.807, 2.05) is 18.7 Å². The average molecular weight is 268 g/mol. The Labute approximate surface area is 112 Å². The van der Waals surface area contributed by atoms with Crippen LogP contribution in [0.2, 0.25) is 0 Å². The molecule has 0 aromatic carbocycles. The fourth-order valence-corrected chi connectivity index (χ4v) is 2.54. The van der Waals surface area contributed by atoms with Crippen molar-refractivity contribution in [3.05, 3.63) is 15.8 Å². The van der Waals surface area contributed by atoms with E-state index in [-0.39, 0.29) is 16.7 Å². The van der Waals surface area contributed by atoms with E-state index in [0.717, 1.165) is 19.4 Å². The summed E-state index contributed by atoms with van der Waals surface area (Å²) < 4.78 is 1.69. The number of nitro groups is 1. The zero-order valence-corrected chi connectivity index (χ0v) is 11.5. The Morgan fingerprint density at radius 3 is 2.74 bits per heavy atom. The molecule has 1 atom stereocenters. The Bertz CT molecular complexity index is 484. The van der Waals surface area contributed by atoms with Crippen LogP contribution in [0, 0.1) is 17.0 Å². The molecule has 1 N–H and O–H groups in total. The van der Waals surface area contributed by atoms with Crippen LogP contribution in [0.15, 0.2) is 0 Å². The van der Waals surface area contributed by atoms with Crippen LogP contribution in [-0.4, -0.2) is 39.0 Å². The van der Waals surface area contributed by atoms with E-state index in [9.17, 15) is 15.2 Å². The maximum Gasteiger partial charge on any atom is 0.333 e. The summed E-state index contributed by atoms with van der Waals surface area (Å²) in [5.41, 5.74) is 0.483. The smallest absolute Gasteiger partial charge is 0.333 e. The number of piperidine rings is 1. The summed E-state index contributed by atoms with van der Waals surface area (Å²) in [4.78, 5) is 12.8. The van der Waals surface area contributed by atoms with E-state index in [1.54, 1.807) is 11.6 Å². The molecule has 2 rings (SSSR count). The van der Waals surface area contributed by atoms with Gasteiger partial charge in [-0.15, -0.1) is 0 Å². The largest absolute Gasteiger partial charge is 0.391 e. The van der Waals surface area contributed by atoms with Crippen molar-refractivity contribution in [3.8, 4) is 0 Å². The van der Waals surface area contributed by atoms with Gasteiger partial charge in [0, 0.05) is 19.1 Å². The van der Waals surface area contributed by atoms with Crippen molar-refractivity contribution in [3.63, 3.8) is 0 Å². The summed E-state index contributed by atoms with van der Waals surface area (Å²) in [6.45, 7) is 6.69. The lowest BCUT2D eigenvalue weighted by molar-refractivity contribution is -0.384. The van der Waals surface area contributed by atoms with Crippen molar-refractivity contribution in [2.45, 2.75) is 45.8 Å². The summed E-state index contributed by atoms with van der Waals surface area (Å²) >= 11 is 0. The molecule has 0 radical (unpaired) electrons. The Hall–Kier alpha value is -1.63. The highest BCUT2D eigenvalue weighted by Crippen LogP contribution is 2.35. The predicted molar refractivity (Wildman–Crippen MR) is 71.5 cm³/mol. The number of anilines is 1. The molecule has 1 unspecified atom stereocenters. The van der Waals surface area contributed by atoms with Crippen LogP contribution in [0.3, 0.4) is 0 Å². The van der Waals surface area contributed by atoms with Crippen LogP contribution in [0.25, 0.3) is 0 Å². The molecular weight excluding hydrogens is 248 g/mol. The van der Waals surface area contributed by atoms with E-state index in [4.69, 9.17) is 0 Å². The molecule has 2 heterocycles. The molecule has 7 heteroatoms. The number of nitrogens with zero attached hydrogens (tertiary/aromatic N) is 4. The first-order chi connectivity index (χ1) is 8.91. The second-order valence-electron chi connectivity index (χ2n) is 5.30. The molecule has 0 aliphatic carbocycles. The van der Waals surface area contributed by atoms with Crippen molar-refractivity contribution in [1.29, 1.82) is 0 Å². The molecule has 1 aromatic heterocycles. The summed E-state index contributed by atoms with van der Waals surface area (Å²) in [7, 11) is 0. The molecule has 0 spiro atoms. The first-order valence-corrected chi connectivity index (χ1v) is 6.58. The van der Waals surface area contributed by atoms with Crippen LogP contribution in [0.4, 0.5) is 11.5 Å². The van der Waals surface area contributed by atoms with E-state index in [0.29, 0.717) is 18.1 Å². The third-order valence-electron chi connectivity index (χ3n) is 3.40. The topological polar surface area (TPSA) is 84.4 Å². The van der Waals surface area contributed by atoms with Gasteiger partial charge in [0.25, 0.3) is 0 Å². The fraction of sp³-hybridized carbons (Fsp3) is 0.750. The summed E-state index contributed by atoms with van der Waals surface area (Å²) in [6, 6.07) is 0.0430. The van der Waals surface area contributed by atoms with Crippen molar-refractivity contribution in [2.24, 2.45) is 0 Å². The minimum atomic E-state index is -0.427. The minimum Gasteiger partial charge on any atom is -0.391 e. The standard InChI is InChI=1S/C12H20N4O3/c1-8(2)15-12(11(16(18)19)9(3)13-15)14-6-4-5-10(17)7-14/h8,10,17H,4-7H2,1-3H3. The lowest BCUT2D eigenvalue weighted by Crippen LogP contribution is -2.39.